The fraction of sp³-hybridized carbons (Fsp3) is 0.214. The van der Waals surface area contributed by atoms with Gasteiger partial charge in [-0.2, -0.15) is 0 Å². The van der Waals surface area contributed by atoms with Gasteiger partial charge >= 0.3 is 0 Å². The van der Waals surface area contributed by atoms with Crippen LogP contribution in [0.2, 0.25) is 0 Å². The van der Waals surface area contributed by atoms with Crippen molar-refractivity contribution in [3.05, 3.63) is 53.5 Å². The Kier molecular flexibility index (Phi) is 3.67. The fourth-order valence-electron chi connectivity index (χ4n) is 1.56. The van der Waals surface area contributed by atoms with Gasteiger partial charge < -0.3 is 4.74 Å². The van der Waals surface area contributed by atoms with Gasteiger partial charge in [-0.3, -0.25) is 9.78 Å². The summed E-state index contributed by atoms with van der Waals surface area (Å²) in [6.45, 7) is 1.89. The molecular weight excluding hydrogens is 228 g/mol. The SMILES string of the molecule is COc1ccc(CC(=O)c2ccc(C)nc2)cn1. The van der Waals surface area contributed by atoms with Crippen molar-refractivity contribution < 1.29 is 9.53 Å². The van der Waals surface area contributed by atoms with Crippen LogP contribution in [-0.4, -0.2) is 22.9 Å². The van der Waals surface area contributed by atoms with Gasteiger partial charge in [-0.05, 0) is 24.6 Å². The second-order valence-electron chi connectivity index (χ2n) is 4.00. The van der Waals surface area contributed by atoms with Crippen molar-refractivity contribution in [3.8, 4) is 5.88 Å². The number of hydrogen-bond acceptors (Lipinski definition) is 4. The Morgan fingerprint density at radius 2 is 2.00 bits per heavy atom. The number of nitrogens with zero attached hydrogens (tertiary/aromatic N) is 2. The van der Waals surface area contributed by atoms with E-state index < -0.39 is 0 Å². The van der Waals surface area contributed by atoms with E-state index in [1.807, 2.05) is 19.1 Å². The monoisotopic (exact) mass is 242 g/mol. The largest absolute Gasteiger partial charge is 0.481 e. The van der Waals surface area contributed by atoms with E-state index in [1.165, 1.54) is 0 Å². The van der Waals surface area contributed by atoms with Crippen molar-refractivity contribution in [2.45, 2.75) is 13.3 Å². The number of ether oxygens (including phenoxy) is 1. The van der Waals surface area contributed by atoms with Crippen LogP contribution in [-0.2, 0) is 6.42 Å². The molecule has 0 saturated heterocycles. The standard InChI is InChI=1S/C14H14N2O2/c1-10-3-5-12(9-15-10)13(17)7-11-4-6-14(18-2)16-8-11/h3-6,8-9H,7H2,1-2H3. The minimum Gasteiger partial charge on any atom is -0.481 e. The van der Waals surface area contributed by atoms with E-state index in [2.05, 4.69) is 9.97 Å². The molecule has 4 nitrogen and oxygen atoms in total. The molecule has 0 bridgehead atoms. The molecule has 0 radical (unpaired) electrons. The minimum absolute atomic E-state index is 0.0365. The summed E-state index contributed by atoms with van der Waals surface area (Å²) in [5.74, 6) is 0.581. The molecule has 0 N–H and O–H groups in total. The average molecular weight is 242 g/mol. The average Bonchev–Trinajstić information content (AvgIpc) is 2.40. The van der Waals surface area contributed by atoms with Crippen LogP contribution in [0, 0.1) is 6.92 Å². The summed E-state index contributed by atoms with van der Waals surface area (Å²) in [6.07, 6.45) is 3.58. The zero-order valence-electron chi connectivity index (χ0n) is 10.4. The number of aromatic nitrogens is 2. The summed E-state index contributed by atoms with van der Waals surface area (Å²) in [5, 5.41) is 0. The molecule has 18 heavy (non-hydrogen) atoms. The van der Waals surface area contributed by atoms with Gasteiger partial charge in [0.1, 0.15) is 0 Å². The van der Waals surface area contributed by atoms with Crippen molar-refractivity contribution in [3.63, 3.8) is 0 Å². The van der Waals surface area contributed by atoms with Gasteiger partial charge in [0.25, 0.3) is 0 Å². The molecule has 0 fully saturated rings. The van der Waals surface area contributed by atoms with E-state index in [9.17, 15) is 4.79 Å². The van der Waals surface area contributed by atoms with Crippen LogP contribution >= 0.6 is 0 Å². The van der Waals surface area contributed by atoms with Gasteiger partial charge in [0.2, 0.25) is 5.88 Å². The van der Waals surface area contributed by atoms with Crippen LogP contribution in [0.3, 0.4) is 0 Å². The topological polar surface area (TPSA) is 52.1 Å². The molecule has 92 valence electrons. The highest BCUT2D eigenvalue weighted by Crippen LogP contribution is 2.10. The summed E-state index contributed by atoms with van der Waals surface area (Å²) >= 11 is 0. The maximum atomic E-state index is 12.0. The highest BCUT2D eigenvalue weighted by Gasteiger charge is 2.07. The molecule has 0 spiro atoms. The molecule has 2 aromatic rings. The summed E-state index contributed by atoms with van der Waals surface area (Å²) in [4.78, 5) is 20.2. The number of carbonyl (C=O) groups is 1. The Morgan fingerprint density at radius 1 is 1.17 bits per heavy atom. The molecule has 2 rings (SSSR count). The first-order chi connectivity index (χ1) is 8.69. The van der Waals surface area contributed by atoms with Crippen LogP contribution in [0.15, 0.2) is 36.7 Å². The molecule has 4 heteroatoms. The first-order valence-corrected chi connectivity index (χ1v) is 5.64. The van der Waals surface area contributed by atoms with Gasteiger partial charge in [0, 0.05) is 36.1 Å². The van der Waals surface area contributed by atoms with Gasteiger partial charge in [-0.1, -0.05) is 6.07 Å². The lowest BCUT2D eigenvalue weighted by Gasteiger charge is -2.03. The second kappa shape index (κ2) is 5.40. The molecule has 0 aliphatic carbocycles. The fourth-order valence-corrected chi connectivity index (χ4v) is 1.56. The van der Waals surface area contributed by atoms with Crippen LogP contribution in [0.4, 0.5) is 0 Å². The van der Waals surface area contributed by atoms with Gasteiger partial charge in [0.05, 0.1) is 7.11 Å². The molecule has 0 saturated carbocycles. The number of Topliss-reactive ketones (excluding diaryl/α,β-unsaturated/α-hetero) is 1. The van der Waals surface area contributed by atoms with Crippen molar-refractivity contribution in [1.82, 2.24) is 9.97 Å². The number of aryl methyl sites for hydroxylation is 1. The molecule has 2 aromatic heterocycles. The van der Waals surface area contributed by atoms with Crippen LogP contribution in [0.1, 0.15) is 21.6 Å². The van der Waals surface area contributed by atoms with Crippen molar-refractivity contribution in [1.29, 1.82) is 0 Å². The van der Waals surface area contributed by atoms with Crippen LogP contribution in [0.25, 0.3) is 0 Å². The third-order valence-corrected chi connectivity index (χ3v) is 2.60. The van der Waals surface area contributed by atoms with E-state index in [0.717, 1.165) is 11.3 Å². The number of ketones is 1. The van der Waals surface area contributed by atoms with E-state index in [1.54, 1.807) is 31.6 Å². The third kappa shape index (κ3) is 2.91. The third-order valence-electron chi connectivity index (χ3n) is 2.60. The summed E-state index contributed by atoms with van der Waals surface area (Å²) in [6, 6.07) is 7.21. The van der Waals surface area contributed by atoms with Gasteiger partial charge in [0.15, 0.2) is 5.78 Å². The highest BCUT2D eigenvalue weighted by molar-refractivity contribution is 5.97. The maximum absolute atomic E-state index is 12.0. The Hall–Kier alpha value is -2.23. The van der Waals surface area contributed by atoms with E-state index in [-0.39, 0.29) is 5.78 Å². The minimum atomic E-state index is 0.0365. The Bertz CT molecular complexity index is 533. The molecule has 0 atom stereocenters. The maximum Gasteiger partial charge on any atom is 0.212 e. The zero-order valence-corrected chi connectivity index (χ0v) is 10.4. The van der Waals surface area contributed by atoms with E-state index >= 15 is 0 Å². The second-order valence-corrected chi connectivity index (χ2v) is 4.00. The number of carbonyl (C=O) groups excluding carboxylic acids is 1. The highest BCUT2D eigenvalue weighted by atomic mass is 16.5. The summed E-state index contributed by atoms with van der Waals surface area (Å²) < 4.78 is 4.97. The first-order valence-electron chi connectivity index (χ1n) is 5.64. The van der Waals surface area contributed by atoms with Gasteiger partial charge in [-0.15, -0.1) is 0 Å². The quantitative estimate of drug-likeness (QED) is 0.771. The van der Waals surface area contributed by atoms with Crippen molar-refractivity contribution in [2.24, 2.45) is 0 Å². The Balaban J connectivity index is 2.08. The number of pyridine rings is 2. The van der Waals surface area contributed by atoms with E-state index in [0.29, 0.717) is 17.9 Å². The lowest BCUT2D eigenvalue weighted by molar-refractivity contribution is 0.0992. The molecule has 0 aliphatic heterocycles. The molecule has 2 heterocycles. The van der Waals surface area contributed by atoms with Crippen LogP contribution in [0.5, 0.6) is 5.88 Å². The van der Waals surface area contributed by atoms with Crippen LogP contribution < -0.4 is 4.74 Å². The number of methoxy groups -OCH3 is 1. The Morgan fingerprint density at radius 3 is 2.56 bits per heavy atom. The zero-order chi connectivity index (χ0) is 13.0. The Labute approximate surface area is 106 Å². The number of hydrogen-bond donors (Lipinski definition) is 0. The summed E-state index contributed by atoms with van der Waals surface area (Å²) in [7, 11) is 1.56. The summed E-state index contributed by atoms with van der Waals surface area (Å²) in [5.41, 5.74) is 2.38. The predicted molar refractivity (Wildman–Crippen MR) is 67.8 cm³/mol. The molecule has 0 unspecified atom stereocenters. The number of rotatable bonds is 4. The van der Waals surface area contributed by atoms with Gasteiger partial charge in [-0.25, -0.2) is 4.98 Å². The lowest BCUT2D eigenvalue weighted by Crippen LogP contribution is -2.04. The van der Waals surface area contributed by atoms with E-state index in [4.69, 9.17) is 4.74 Å². The normalized spacial score (nSPS) is 10.1. The first kappa shape index (κ1) is 12.2. The molecule has 0 aliphatic rings. The molecule has 0 amide bonds. The lowest BCUT2D eigenvalue weighted by atomic mass is 10.1. The van der Waals surface area contributed by atoms with Crippen molar-refractivity contribution in [2.75, 3.05) is 7.11 Å². The molecular formula is C14H14N2O2. The molecule has 0 aromatic carbocycles. The smallest absolute Gasteiger partial charge is 0.212 e. The van der Waals surface area contributed by atoms with Crippen molar-refractivity contribution >= 4 is 5.78 Å². The predicted octanol–water partition coefficient (Wildman–Crippen LogP) is 2.22.